The molecular weight excluding hydrogens is 391 g/mol. The van der Waals surface area contributed by atoms with Crippen LogP contribution < -0.4 is 5.32 Å². The number of piperidine rings is 1. The first kappa shape index (κ1) is 19.3. The number of carbonyl (C=O) groups excluding carboxylic acids is 1. The summed E-state index contributed by atoms with van der Waals surface area (Å²) in [4.78, 5) is 15.1. The molecule has 0 bridgehead atoms. The first-order valence-corrected chi connectivity index (χ1v) is 10.3. The van der Waals surface area contributed by atoms with Crippen LogP contribution in [0.2, 0.25) is 10.0 Å². The van der Waals surface area contributed by atoms with E-state index in [1.807, 2.05) is 0 Å². The summed E-state index contributed by atoms with van der Waals surface area (Å²) >= 11 is 12.0. The Labute approximate surface area is 175 Å². The van der Waals surface area contributed by atoms with E-state index in [9.17, 15) is 4.79 Å². The fourth-order valence-corrected chi connectivity index (χ4v) is 4.20. The van der Waals surface area contributed by atoms with Gasteiger partial charge >= 0.3 is 0 Å². The standard InChI is InChI=1S/C23H22Cl2N2O/c24-21-11-10-19(13-22(21)25)26-23(28)18-8-4-12-27(15-18)14-17-7-3-6-16-5-1-2-9-20(16)17/h1-3,5-7,9-11,13,18H,4,8,12,14-15H2,(H,26,28). The highest BCUT2D eigenvalue weighted by atomic mass is 35.5. The molecule has 0 spiro atoms. The van der Waals surface area contributed by atoms with Gasteiger partial charge in [-0.1, -0.05) is 65.7 Å². The van der Waals surface area contributed by atoms with Gasteiger partial charge in [-0.2, -0.15) is 0 Å². The van der Waals surface area contributed by atoms with E-state index in [1.54, 1.807) is 18.2 Å². The molecule has 5 heteroatoms. The Hall–Kier alpha value is -2.07. The van der Waals surface area contributed by atoms with Crippen molar-refractivity contribution in [3.8, 4) is 0 Å². The number of hydrogen-bond acceptors (Lipinski definition) is 2. The van der Waals surface area contributed by atoms with Crippen molar-refractivity contribution in [2.75, 3.05) is 18.4 Å². The van der Waals surface area contributed by atoms with Crippen molar-refractivity contribution in [1.82, 2.24) is 4.90 Å². The van der Waals surface area contributed by atoms with Crippen LogP contribution in [0.4, 0.5) is 5.69 Å². The number of rotatable bonds is 4. The van der Waals surface area contributed by atoms with Gasteiger partial charge in [-0.15, -0.1) is 0 Å². The quantitative estimate of drug-likeness (QED) is 0.569. The lowest BCUT2D eigenvalue weighted by molar-refractivity contribution is -0.121. The Bertz CT molecular complexity index is 1000. The molecule has 3 aromatic carbocycles. The lowest BCUT2D eigenvalue weighted by atomic mass is 9.96. The highest BCUT2D eigenvalue weighted by Crippen LogP contribution is 2.27. The van der Waals surface area contributed by atoms with E-state index in [1.165, 1.54) is 16.3 Å². The van der Waals surface area contributed by atoms with E-state index in [4.69, 9.17) is 23.2 Å². The highest BCUT2D eigenvalue weighted by molar-refractivity contribution is 6.42. The number of benzene rings is 3. The van der Waals surface area contributed by atoms with Crippen LogP contribution in [0.5, 0.6) is 0 Å². The van der Waals surface area contributed by atoms with Gasteiger partial charge in [-0.25, -0.2) is 0 Å². The van der Waals surface area contributed by atoms with Crippen molar-refractivity contribution >= 4 is 45.6 Å². The molecule has 1 amide bonds. The van der Waals surface area contributed by atoms with E-state index < -0.39 is 0 Å². The second-order valence-corrected chi connectivity index (χ2v) is 8.15. The molecule has 3 nitrogen and oxygen atoms in total. The fraction of sp³-hybridized carbons (Fsp3) is 0.261. The third-order valence-electron chi connectivity index (χ3n) is 5.34. The maximum Gasteiger partial charge on any atom is 0.228 e. The molecule has 144 valence electrons. The Balaban J connectivity index is 1.43. The maximum atomic E-state index is 12.8. The average molecular weight is 413 g/mol. The van der Waals surface area contributed by atoms with Crippen molar-refractivity contribution in [2.45, 2.75) is 19.4 Å². The van der Waals surface area contributed by atoms with E-state index in [0.717, 1.165) is 32.5 Å². The normalized spacial score (nSPS) is 17.6. The Kier molecular flexibility index (Phi) is 5.86. The molecule has 0 saturated carbocycles. The Morgan fingerprint density at radius 2 is 1.86 bits per heavy atom. The smallest absolute Gasteiger partial charge is 0.228 e. The third kappa shape index (κ3) is 4.33. The fourth-order valence-electron chi connectivity index (χ4n) is 3.90. The molecule has 1 heterocycles. The van der Waals surface area contributed by atoms with Gasteiger partial charge in [0.2, 0.25) is 5.91 Å². The number of hydrogen-bond donors (Lipinski definition) is 1. The predicted molar refractivity (Wildman–Crippen MR) is 117 cm³/mol. The van der Waals surface area contributed by atoms with Crippen LogP contribution in [0.1, 0.15) is 18.4 Å². The molecule has 4 rings (SSSR count). The lowest BCUT2D eigenvalue weighted by Crippen LogP contribution is -2.40. The van der Waals surface area contributed by atoms with Crippen molar-refractivity contribution in [1.29, 1.82) is 0 Å². The molecule has 1 saturated heterocycles. The minimum Gasteiger partial charge on any atom is -0.326 e. The summed E-state index contributed by atoms with van der Waals surface area (Å²) in [6, 6.07) is 20.1. The van der Waals surface area contributed by atoms with Crippen LogP contribution >= 0.6 is 23.2 Å². The van der Waals surface area contributed by atoms with Gasteiger partial charge in [0, 0.05) is 18.8 Å². The molecule has 0 aliphatic carbocycles. The second-order valence-electron chi connectivity index (χ2n) is 7.33. The molecule has 1 N–H and O–H groups in total. The van der Waals surface area contributed by atoms with Gasteiger partial charge in [0.25, 0.3) is 0 Å². The SMILES string of the molecule is O=C(Nc1ccc(Cl)c(Cl)c1)C1CCCN(Cc2cccc3ccccc23)C1. The van der Waals surface area contributed by atoms with Gasteiger partial charge in [0.05, 0.1) is 16.0 Å². The van der Waals surface area contributed by atoms with E-state index in [2.05, 4.69) is 52.7 Å². The second kappa shape index (κ2) is 8.52. The van der Waals surface area contributed by atoms with Gasteiger partial charge in [0.15, 0.2) is 0 Å². The molecule has 1 aliphatic heterocycles. The molecule has 1 fully saturated rings. The minimum absolute atomic E-state index is 0.0295. The zero-order chi connectivity index (χ0) is 19.5. The van der Waals surface area contributed by atoms with E-state index in [-0.39, 0.29) is 11.8 Å². The Morgan fingerprint density at radius 3 is 2.71 bits per heavy atom. The molecule has 1 unspecified atom stereocenters. The molecule has 0 aromatic heterocycles. The van der Waals surface area contributed by atoms with E-state index >= 15 is 0 Å². The van der Waals surface area contributed by atoms with Gasteiger partial charge < -0.3 is 5.32 Å². The van der Waals surface area contributed by atoms with E-state index in [0.29, 0.717) is 15.7 Å². The summed E-state index contributed by atoms with van der Waals surface area (Å²) in [5, 5.41) is 6.46. The number of nitrogens with zero attached hydrogens (tertiary/aromatic N) is 1. The van der Waals surface area contributed by atoms with Crippen LogP contribution in [-0.4, -0.2) is 23.9 Å². The summed E-state index contributed by atoms with van der Waals surface area (Å²) in [5.74, 6) is 0.0131. The summed E-state index contributed by atoms with van der Waals surface area (Å²) in [7, 11) is 0. The minimum atomic E-state index is -0.0295. The largest absolute Gasteiger partial charge is 0.326 e. The number of halogens is 2. The zero-order valence-electron chi connectivity index (χ0n) is 15.5. The summed E-state index contributed by atoms with van der Waals surface area (Å²) in [6.45, 7) is 2.63. The van der Waals surface area contributed by atoms with Crippen molar-refractivity contribution in [3.05, 3.63) is 76.3 Å². The molecule has 3 aromatic rings. The van der Waals surface area contributed by atoms with Crippen LogP contribution in [0, 0.1) is 5.92 Å². The molecule has 1 aliphatic rings. The third-order valence-corrected chi connectivity index (χ3v) is 6.08. The monoisotopic (exact) mass is 412 g/mol. The molecule has 1 atom stereocenters. The molecule has 0 radical (unpaired) electrons. The number of amides is 1. The van der Waals surface area contributed by atoms with Gasteiger partial charge in [-0.3, -0.25) is 9.69 Å². The lowest BCUT2D eigenvalue weighted by Gasteiger charge is -2.32. The van der Waals surface area contributed by atoms with Crippen LogP contribution in [0.15, 0.2) is 60.7 Å². The highest BCUT2D eigenvalue weighted by Gasteiger charge is 2.26. The van der Waals surface area contributed by atoms with Gasteiger partial charge in [0.1, 0.15) is 0 Å². The average Bonchev–Trinajstić information content (AvgIpc) is 2.71. The summed E-state index contributed by atoms with van der Waals surface area (Å²) in [6.07, 6.45) is 1.92. The summed E-state index contributed by atoms with van der Waals surface area (Å²) < 4.78 is 0. The number of carbonyl (C=O) groups is 1. The number of likely N-dealkylation sites (tertiary alicyclic amines) is 1. The number of anilines is 1. The van der Waals surface area contributed by atoms with Crippen LogP contribution in [0.25, 0.3) is 10.8 Å². The number of nitrogens with one attached hydrogen (secondary N) is 1. The maximum absolute atomic E-state index is 12.8. The number of fused-ring (bicyclic) bond motifs is 1. The topological polar surface area (TPSA) is 32.3 Å². The van der Waals surface area contributed by atoms with Crippen LogP contribution in [0.3, 0.4) is 0 Å². The summed E-state index contributed by atoms with van der Waals surface area (Å²) in [5.41, 5.74) is 1.99. The first-order valence-electron chi connectivity index (χ1n) is 9.55. The predicted octanol–water partition coefficient (Wildman–Crippen LogP) is 6.00. The van der Waals surface area contributed by atoms with Gasteiger partial charge in [-0.05, 0) is 53.9 Å². The van der Waals surface area contributed by atoms with Crippen molar-refractivity contribution in [2.24, 2.45) is 5.92 Å². The van der Waals surface area contributed by atoms with Crippen molar-refractivity contribution < 1.29 is 4.79 Å². The Morgan fingerprint density at radius 1 is 1.04 bits per heavy atom. The molecular formula is C23H22Cl2N2O. The van der Waals surface area contributed by atoms with Crippen molar-refractivity contribution in [3.63, 3.8) is 0 Å². The first-order chi connectivity index (χ1) is 13.6. The zero-order valence-corrected chi connectivity index (χ0v) is 17.0. The van der Waals surface area contributed by atoms with Crippen LogP contribution in [-0.2, 0) is 11.3 Å². The molecule has 28 heavy (non-hydrogen) atoms.